The number of fused-ring (bicyclic) bond motifs is 1. The Labute approximate surface area is 275 Å². The lowest BCUT2D eigenvalue weighted by molar-refractivity contribution is 0.0378. The van der Waals surface area contributed by atoms with Crippen molar-refractivity contribution in [1.29, 1.82) is 0 Å². The highest BCUT2D eigenvalue weighted by Gasteiger charge is 2.23. The van der Waals surface area contributed by atoms with Crippen LogP contribution in [0, 0.1) is 0 Å². The summed E-state index contributed by atoms with van der Waals surface area (Å²) in [4.78, 5) is 29.9. The topological polar surface area (TPSA) is 99.2 Å². The van der Waals surface area contributed by atoms with E-state index in [0.717, 1.165) is 41.7 Å². The number of esters is 1. The van der Waals surface area contributed by atoms with Crippen molar-refractivity contribution in [2.75, 3.05) is 32.0 Å². The number of benzene rings is 3. The Balaban J connectivity index is 1.43. The number of thiophene rings is 1. The average Bonchev–Trinajstić information content (AvgIpc) is 3.43. The zero-order valence-corrected chi connectivity index (χ0v) is 28.3. The number of ketones is 1. The van der Waals surface area contributed by atoms with E-state index in [0.29, 0.717) is 40.3 Å². The number of ether oxygens (including phenoxy) is 2. The van der Waals surface area contributed by atoms with Gasteiger partial charge in [-0.2, -0.15) is 8.42 Å². The van der Waals surface area contributed by atoms with Crippen LogP contribution in [-0.4, -0.2) is 63.2 Å². The van der Waals surface area contributed by atoms with Gasteiger partial charge in [0, 0.05) is 32.6 Å². The van der Waals surface area contributed by atoms with Crippen LogP contribution in [0.4, 0.5) is 0 Å². The van der Waals surface area contributed by atoms with Crippen LogP contribution < -0.4 is 8.92 Å². The molecular formula is C36H41NO7S2. The smallest absolute Gasteiger partial charge is 0.338 e. The monoisotopic (exact) mass is 663 g/mol. The van der Waals surface area contributed by atoms with Gasteiger partial charge in [-0.1, -0.05) is 25.8 Å². The first-order valence-corrected chi connectivity index (χ1v) is 18.3. The summed E-state index contributed by atoms with van der Waals surface area (Å²) in [5.74, 6) is 0.275. The molecule has 1 aliphatic rings. The number of likely N-dealkylation sites (tertiary alicyclic amines) is 1. The van der Waals surface area contributed by atoms with Gasteiger partial charge in [0.05, 0.1) is 17.4 Å². The standard InChI is InChI=1S/C36H41NO7S2/c1-4-5-23-46(40,41)44-30-16-11-27(12-17-30)35-33(31-18-13-28(24-32(31)45-35)36(39)43-25(2)3)34(38)26-9-14-29(15-10-26)42-22-21-37-19-7-6-8-20-37/h9-18,24-25H,4-8,19-23H2,1-3H3. The molecule has 1 aliphatic heterocycles. The molecule has 244 valence electrons. The Morgan fingerprint density at radius 1 is 0.891 bits per heavy atom. The van der Waals surface area contributed by atoms with Gasteiger partial charge >= 0.3 is 16.1 Å². The third-order valence-corrected chi connectivity index (χ3v) is 10.3. The van der Waals surface area contributed by atoms with Gasteiger partial charge in [-0.3, -0.25) is 9.69 Å². The Bertz CT molecular complexity index is 1750. The molecule has 0 aliphatic carbocycles. The van der Waals surface area contributed by atoms with E-state index in [4.69, 9.17) is 13.7 Å². The van der Waals surface area contributed by atoms with Gasteiger partial charge in [-0.05, 0) is 112 Å². The summed E-state index contributed by atoms with van der Waals surface area (Å²) >= 11 is 1.39. The van der Waals surface area contributed by atoms with Crippen LogP contribution in [-0.2, 0) is 14.9 Å². The summed E-state index contributed by atoms with van der Waals surface area (Å²) in [5, 5.41) is 0.718. The molecule has 46 heavy (non-hydrogen) atoms. The first kappa shape index (κ1) is 33.6. The van der Waals surface area contributed by atoms with Crippen LogP contribution in [0.1, 0.15) is 79.2 Å². The molecule has 10 heteroatoms. The number of carbonyl (C=O) groups excluding carboxylic acids is 2. The minimum atomic E-state index is -3.70. The molecule has 8 nitrogen and oxygen atoms in total. The van der Waals surface area contributed by atoms with Gasteiger partial charge < -0.3 is 13.7 Å². The second kappa shape index (κ2) is 15.2. The fraction of sp³-hybridized carbons (Fsp3) is 0.389. The molecule has 5 rings (SSSR count). The summed E-state index contributed by atoms with van der Waals surface area (Å²) in [5.41, 5.74) is 2.15. The number of rotatable bonds is 14. The molecule has 1 fully saturated rings. The van der Waals surface area contributed by atoms with E-state index in [-0.39, 0.29) is 23.4 Å². The highest BCUT2D eigenvalue weighted by Crippen LogP contribution is 2.41. The Hall–Kier alpha value is -3.73. The predicted octanol–water partition coefficient (Wildman–Crippen LogP) is 7.74. The van der Waals surface area contributed by atoms with Gasteiger partial charge in [0.25, 0.3) is 0 Å². The number of piperidine rings is 1. The first-order valence-electron chi connectivity index (χ1n) is 15.9. The van der Waals surface area contributed by atoms with Gasteiger partial charge in [-0.15, -0.1) is 11.3 Å². The minimum Gasteiger partial charge on any atom is -0.492 e. The van der Waals surface area contributed by atoms with Crippen molar-refractivity contribution in [3.05, 3.63) is 83.4 Å². The molecule has 0 radical (unpaired) electrons. The molecule has 0 amide bonds. The maximum absolute atomic E-state index is 14.1. The van der Waals surface area contributed by atoms with Crippen LogP contribution >= 0.6 is 11.3 Å². The van der Waals surface area contributed by atoms with E-state index in [1.54, 1.807) is 68.4 Å². The second-order valence-corrected chi connectivity index (χ2v) is 14.5. The summed E-state index contributed by atoms with van der Waals surface area (Å²) in [7, 11) is -3.70. The lowest BCUT2D eigenvalue weighted by Gasteiger charge is -2.26. The average molecular weight is 664 g/mol. The fourth-order valence-corrected chi connectivity index (χ4v) is 7.80. The molecule has 0 unspecified atom stereocenters. The van der Waals surface area contributed by atoms with Gasteiger partial charge in [0.1, 0.15) is 18.1 Å². The summed E-state index contributed by atoms with van der Waals surface area (Å²) < 4.78 is 42.1. The Kier molecular flexibility index (Phi) is 11.1. The number of hydrogen-bond acceptors (Lipinski definition) is 9. The molecule has 2 heterocycles. The highest BCUT2D eigenvalue weighted by molar-refractivity contribution is 7.87. The van der Waals surface area contributed by atoms with Crippen molar-refractivity contribution in [3.63, 3.8) is 0 Å². The molecule has 3 aromatic carbocycles. The summed E-state index contributed by atoms with van der Waals surface area (Å²) in [6.07, 6.45) is 4.77. The highest BCUT2D eigenvalue weighted by atomic mass is 32.2. The van der Waals surface area contributed by atoms with Crippen molar-refractivity contribution in [2.24, 2.45) is 0 Å². The van der Waals surface area contributed by atoms with Crippen molar-refractivity contribution < 1.29 is 31.7 Å². The third-order valence-electron chi connectivity index (χ3n) is 7.82. The molecule has 0 N–H and O–H groups in total. The first-order chi connectivity index (χ1) is 22.1. The normalized spacial score (nSPS) is 14.0. The maximum Gasteiger partial charge on any atom is 0.338 e. The van der Waals surface area contributed by atoms with Crippen LogP contribution in [0.15, 0.2) is 66.7 Å². The van der Waals surface area contributed by atoms with E-state index < -0.39 is 16.1 Å². The number of carbonyl (C=O) groups is 2. The molecule has 0 atom stereocenters. The zero-order valence-electron chi connectivity index (χ0n) is 26.6. The Morgan fingerprint density at radius 2 is 1.57 bits per heavy atom. The Morgan fingerprint density at radius 3 is 2.24 bits per heavy atom. The van der Waals surface area contributed by atoms with Gasteiger partial charge in [-0.25, -0.2) is 4.79 Å². The number of hydrogen-bond donors (Lipinski definition) is 0. The lowest BCUT2D eigenvalue weighted by Crippen LogP contribution is -2.33. The SMILES string of the molecule is CCCCS(=O)(=O)Oc1ccc(-c2sc3cc(C(=O)OC(C)C)ccc3c2C(=O)c2ccc(OCCN3CCCCC3)cc2)cc1. The summed E-state index contributed by atoms with van der Waals surface area (Å²) in [6.45, 7) is 9.21. The van der Waals surface area contributed by atoms with E-state index in [9.17, 15) is 18.0 Å². The van der Waals surface area contributed by atoms with Crippen LogP contribution in [0.5, 0.6) is 11.5 Å². The number of nitrogens with zero attached hydrogens (tertiary/aromatic N) is 1. The molecule has 0 saturated carbocycles. The van der Waals surface area contributed by atoms with Gasteiger partial charge in [0.15, 0.2) is 5.78 Å². The van der Waals surface area contributed by atoms with Crippen LogP contribution in [0.3, 0.4) is 0 Å². The quantitative estimate of drug-likeness (QED) is 0.0768. The van der Waals surface area contributed by atoms with E-state index in [1.807, 2.05) is 19.1 Å². The minimum absolute atomic E-state index is 0.0515. The van der Waals surface area contributed by atoms with Crippen molar-refractivity contribution in [1.82, 2.24) is 4.90 Å². The lowest BCUT2D eigenvalue weighted by atomic mass is 9.97. The molecule has 0 spiro atoms. The number of unbranched alkanes of at least 4 members (excludes halogenated alkanes) is 1. The van der Waals surface area contributed by atoms with E-state index in [1.165, 1.54) is 30.6 Å². The van der Waals surface area contributed by atoms with Crippen LogP contribution in [0.25, 0.3) is 20.5 Å². The summed E-state index contributed by atoms with van der Waals surface area (Å²) in [6, 6.07) is 19.1. The zero-order chi connectivity index (χ0) is 32.7. The fourth-order valence-electron chi connectivity index (χ4n) is 5.43. The van der Waals surface area contributed by atoms with Crippen molar-refractivity contribution in [2.45, 2.75) is 59.0 Å². The van der Waals surface area contributed by atoms with Crippen LogP contribution in [0.2, 0.25) is 0 Å². The predicted molar refractivity (Wildman–Crippen MR) is 183 cm³/mol. The van der Waals surface area contributed by atoms with Crippen molar-refractivity contribution in [3.8, 4) is 21.9 Å². The molecule has 1 aromatic heterocycles. The molecule has 0 bridgehead atoms. The van der Waals surface area contributed by atoms with E-state index >= 15 is 0 Å². The maximum atomic E-state index is 14.1. The van der Waals surface area contributed by atoms with Gasteiger partial charge in [0.2, 0.25) is 0 Å². The molecular weight excluding hydrogens is 623 g/mol. The van der Waals surface area contributed by atoms with E-state index in [2.05, 4.69) is 4.90 Å². The third kappa shape index (κ3) is 8.54. The largest absolute Gasteiger partial charge is 0.492 e. The molecule has 1 saturated heterocycles. The molecule has 4 aromatic rings. The van der Waals surface area contributed by atoms with Crippen molar-refractivity contribution >= 4 is 43.3 Å². The second-order valence-electron chi connectivity index (χ2n) is 11.8.